The SMILES string of the molecule is CCCCN(Cc1cccn1C)C(=O)CN(CCCOCC)C(=O)[C@@H](C)Cl. The molecule has 0 saturated heterocycles. The normalized spacial score (nSPS) is 12.0. The lowest BCUT2D eigenvalue weighted by atomic mass is 10.2. The number of halogens is 1. The molecule has 0 aromatic carbocycles. The Balaban J connectivity index is 2.78. The van der Waals surface area contributed by atoms with Crippen LogP contribution in [0.2, 0.25) is 0 Å². The van der Waals surface area contributed by atoms with E-state index in [1.807, 2.05) is 41.8 Å². The third kappa shape index (κ3) is 8.35. The second-order valence-electron chi connectivity index (χ2n) is 6.71. The fourth-order valence-corrected chi connectivity index (χ4v) is 2.92. The number of rotatable bonds is 13. The molecule has 1 atom stereocenters. The summed E-state index contributed by atoms with van der Waals surface area (Å²) in [6.07, 6.45) is 4.59. The van der Waals surface area contributed by atoms with Crippen LogP contribution in [-0.2, 0) is 27.9 Å². The van der Waals surface area contributed by atoms with Gasteiger partial charge in [-0.05, 0) is 38.8 Å². The Morgan fingerprint density at radius 1 is 1.22 bits per heavy atom. The Morgan fingerprint density at radius 2 is 1.93 bits per heavy atom. The highest BCUT2D eigenvalue weighted by Gasteiger charge is 2.24. The molecule has 0 unspecified atom stereocenters. The van der Waals surface area contributed by atoms with Crippen LogP contribution in [0.1, 0.15) is 45.7 Å². The van der Waals surface area contributed by atoms with E-state index in [1.165, 1.54) is 0 Å². The molecule has 0 aliphatic heterocycles. The number of amides is 2. The number of alkyl halides is 1. The molecule has 0 aliphatic rings. The van der Waals surface area contributed by atoms with Crippen LogP contribution in [0, 0.1) is 0 Å². The van der Waals surface area contributed by atoms with E-state index in [9.17, 15) is 9.59 Å². The highest BCUT2D eigenvalue weighted by atomic mass is 35.5. The minimum Gasteiger partial charge on any atom is -0.382 e. The molecule has 6 nitrogen and oxygen atoms in total. The van der Waals surface area contributed by atoms with E-state index in [0.29, 0.717) is 39.3 Å². The van der Waals surface area contributed by atoms with E-state index in [2.05, 4.69) is 6.92 Å². The maximum Gasteiger partial charge on any atom is 0.242 e. The number of aryl methyl sites for hydroxylation is 1. The second-order valence-corrected chi connectivity index (χ2v) is 7.36. The van der Waals surface area contributed by atoms with E-state index in [-0.39, 0.29) is 18.4 Å². The van der Waals surface area contributed by atoms with Gasteiger partial charge in [0.05, 0.1) is 13.1 Å². The van der Waals surface area contributed by atoms with Gasteiger partial charge in [-0.15, -0.1) is 11.6 Å². The fourth-order valence-electron chi connectivity index (χ4n) is 2.78. The van der Waals surface area contributed by atoms with Gasteiger partial charge >= 0.3 is 0 Å². The molecular formula is C20H34ClN3O3. The summed E-state index contributed by atoms with van der Waals surface area (Å²) in [5, 5.41) is -0.651. The predicted octanol–water partition coefficient (Wildman–Crippen LogP) is 3.04. The molecule has 0 N–H and O–H groups in total. The molecule has 1 aromatic rings. The fraction of sp³-hybridized carbons (Fsp3) is 0.700. The van der Waals surface area contributed by atoms with Crippen molar-refractivity contribution in [2.45, 2.75) is 52.0 Å². The molecule has 0 fully saturated rings. The molecule has 1 aromatic heterocycles. The van der Waals surface area contributed by atoms with Gasteiger partial charge in [-0.25, -0.2) is 0 Å². The van der Waals surface area contributed by atoms with Gasteiger partial charge in [-0.3, -0.25) is 9.59 Å². The lowest BCUT2D eigenvalue weighted by molar-refractivity contribution is -0.140. The van der Waals surface area contributed by atoms with Crippen molar-refractivity contribution >= 4 is 23.4 Å². The lowest BCUT2D eigenvalue weighted by Gasteiger charge is -2.28. The van der Waals surface area contributed by atoms with Crippen molar-refractivity contribution in [2.24, 2.45) is 7.05 Å². The minimum atomic E-state index is -0.651. The van der Waals surface area contributed by atoms with Gasteiger partial charge in [0.15, 0.2) is 0 Å². The Hall–Kier alpha value is -1.53. The third-order valence-corrected chi connectivity index (χ3v) is 4.62. The van der Waals surface area contributed by atoms with Gasteiger partial charge in [0.25, 0.3) is 0 Å². The molecule has 0 aliphatic carbocycles. The first-order valence-electron chi connectivity index (χ1n) is 9.79. The topological polar surface area (TPSA) is 54.8 Å². The van der Waals surface area contributed by atoms with Crippen LogP contribution >= 0.6 is 11.6 Å². The van der Waals surface area contributed by atoms with Gasteiger partial charge in [-0.2, -0.15) is 0 Å². The Bertz CT molecular complexity index is 575. The van der Waals surface area contributed by atoms with Crippen LogP contribution in [0.5, 0.6) is 0 Å². The summed E-state index contributed by atoms with van der Waals surface area (Å²) in [5.41, 5.74) is 1.07. The van der Waals surface area contributed by atoms with Crippen molar-refractivity contribution in [3.8, 4) is 0 Å². The van der Waals surface area contributed by atoms with Crippen LogP contribution in [0.4, 0.5) is 0 Å². The highest BCUT2D eigenvalue weighted by Crippen LogP contribution is 2.10. The number of hydrogen-bond donors (Lipinski definition) is 0. The van der Waals surface area contributed by atoms with Crippen LogP contribution in [0.25, 0.3) is 0 Å². The molecule has 2 amide bonds. The third-order valence-electron chi connectivity index (χ3n) is 4.44. The first-order chi connectivity index (χ1) is 12.9. The molecular weight excluding hydrogens is 366 g/mol. The molecule has 7 heteroatoms. The molecule has 154 valence electrons. The summed E-state index contributed by atoms with van der Waals surface area (Å²) in [6.45, 7) is 8.62. The molecule has 0 radical (unpaired) electrons. The zero-order valence-electron chi connectivity index (χ0n) is 17.1. The molecule has 0 spiro atoms. The van der Waals surface area contributed by atoms with E-state index >= 15 is 0 Å². The number of aromatic nitrogens is 1. The van der Waals surface area contributed by atoms with Gasteiger partial charge in [0.2, 0.25) is 11.8 Å². The quantitative estimate of drug-likeness (QED) is 0.378. The minimum absolute atomic E-state index is 0.0493. The van der Waals surface area contributed by atoms with Gasteiger partial charge in [0, 0.05) is 45.2 Å². The standard InChI is InChI=1S/C20H34ClN3O3/c1-5-7-12-23(15-18-10-8-11-22(18)4)19(25)16-24(20(26)17(3)21)13-9-14-27-6-2/h8,10-11,17H,5-7,9,12-16H2,1-4H3/t17-/m1/s1. The van der Waals surface area contributed by atoms with Crippen molar-refractivity contribution < 1.29 is 14.3 Å². The lowest BCUT2D eigenvalue weighted by Crippen LogP contribution is -2.45. The summed E-state index contributed by atoms with van der Waals surface area (Å²) in [7, 11) is 1.97. The van der Waals surface area contributed by atoms with Crippen molar-refractivity contribution in [2.75, 3.05) is 32.8 Å². The van der Waals surface area contributed by atoms with E-state index in [4.69, 9.17) is 16.3 Å². The average Bonchev–Trinajstić information content (AvgIpc) is 3.04. The van der Waals surface area contributed by atoms with E-state index in [0.717, 1.165) is 18.5 Å². The van der Waals surface area contributed by atoms with Crippen molar-refractivity contribution in [1.82, 2.24) is 14.4 Å². The Kier molecular flexibility index (Phi) is 11.1. The molecule has 0 bridgehead atoms. The van der Waals surface area contributed by atoms with Gasteiger partial charge < -0.3 is 19.1 Å². The number of hydrogen-bond acceptors (Lipinski definition) is 3. The molecule has 0 saturated carbocycles. The zero-order valence-corrected chi connectivity index (χ0v) is 17.9. The average molecular weight is 400 g/mol. The number of carbonyl (C=O) groups is 2. The number of ether oxygens (including phenoxy) is 1. The molecule has 1 heterocycles. The summed E-state index contributed by atoms with van der Waals surface area (Å²) < 4.78 is 7.36. The first kappa shape index (κ1) is 23.5. The summed E-state index contributed by atoms with van der Waals surface area (Å²) in [6, 6.07) is 3.98. The van der Waals surface area contributed by atoms with Crippen LogP contribution in [-0.4, -0.2) is 64.4 Å². The monoisotopic (exact) mass is 399 g/mol. The van der Waals surface area contributed by atoms with Crippen LogP contribution < -0.4 is 0 Å². The predicted molar refractivity (Wildman–Crippen MR) is 109 cm³/mol. The summed E-state index contributed by atoms with van der Waals surface area (Å²) >= 11 is 5.99. The number of unbranched alkanes of at least 4 members (excludes halogenated alkanes) is 1. The van der Waals surface area contributed by atoms with Crippen LogP contribution in [0.3, 0.4) is 0 Å². The van der Waals surface area contributed by atoms with E-state index < -0.39 is 5.38 Å². The Labute approximate surface area is 168 Å². The van der Waals surface area contributed by atoms with E-state index in [1.54, 1.807) is 11.8 Å². The van der Waals surface area contributed by atoms with Crippen molar-refractivity contribution in [3.63, 3.8) is 0 Å². The first-order valence-corrected chi connectivity index (χ1v) is 10.2. The second kappa shape index (κ2) is 12.8. The zero-order chi connectivity index (χ0) is 20.2. The summed E-state index contributed by atoms with van der Waals surface area (Å²) in [4.78, 5) is 28.8. The smallest absolute Gasteiger partial charge is 0.242 e. The number of carbonyl (C=O) groups excluding carboxylic acids is 2. The van der Waals surface area contributed by atoms with Gasteiger partial charge in [-0.1, -0.05) is 13.3 Å². The van der Waals surface area contributed by atoms with Gasteiger partial charge in [0.1, 0.15) is 5.38 Å². The summed E-state index contributed by atoms with van der Waals surface area (Å²) in [5.74, 6) is -0.262. The number of nitrogens with zero attached hydrogens (tertiary/aromatic N) is 3. The molecule has 1 rings (SSSR count). The molecule has 27 heavy (non-hydrogen) atoms. The maximum absolute atomic E-state index is 13.0. The van der Waals surface area contributed by atoms with Crippen LogP contribution in [0.15, 0.2) is 18.3 Å². The maximum atomic E-state index is 13.0. The highest BCUT2D eigenvalue weighted by molar-refractivity contribution is 6.30. The largest absolute Gasteiger partial charge is 0.382 e. The van der Waals surface area contributed by atoms with Crippen molar-refractivity contribution in [3.05, 3.63) is 24.0 Å². The van der Waals surface area contributed by atoms with Crippen molar-refractivity contribution in [1.29, 1.82) is 0 Å². The Morgan fingerprint density at radius 3 is 2.48 bits per heavy atom.